The van der Waals surface area contributed by atoms with Crippen LogP contribution >= 0.6 is 0 Å². The minimum absolute atomic E-state index is 0.234. The van der Waals surface area contributed by atoms with Crippen LogP contribution in [0, 0.1) is 0 Å². The Morgan fingerprint density at radius 1 is 1.40 bits per heavy atom. The number of aromatic amines is 1. The van der Waals surface area contributed by atoms with Crippen LogP contribution < -0.4 is 5.32 Å². The van der Waals surface area contributed by atoms with Gasteiger partial charge in [-0.05, 0) is 6.07 Å². The first kappa shape index (κ1) is 15.0. The molecule has 0 spiro atoms. The van der Waals surface area contributed by atoms with Crippen LogP contribution in [0.25, 0.3) is 17.0 Å². The number of carbonyl (C=O) groups is 1. The summed E-state index contributed by atoms with van der Waals surface area (Å²) in [6, 6.07) is 1.78. The highest BCUT2D eigenvalue weighted by atomic mass is 16.5. The number of aromatic nitrogens is 7. The third-order valence-corrected chi connectivity index (χ3v) is 3.50. The van der Waals surface area contributed by atoms with Crippen LogP contribution in [0.5, 0.6) is 0 Å². The number of methoxy groups -OCH3 is 1. The number of carbonyl (C=O) groups excluding carboxylic acids is 1. The molecule has 4 rings (SSSR count). The maximum absolute atomic E-state index is 12.7. The fraction of sp³-hybridized carbons (Fsp3) is 0.133. The van der Waals surface area contributed by atoms with E-state index in [0.29, 0.717) is 29.4 Å². The van der Waals surface area contributed by atoms with E-state index in [-0.39, 0.29) is 11.6 Å². The van der Waals surface area contributed by atoms with Gasteiger partial charge in [0, 0.05) is 25.7 Å². The molecule has 25 heavy (non-hydrogen) atoms. The first-order chi connectivity index (χ1) is 12.2. The number of amides is 1. The van der Waals surface area contributed by atoms with E-state index in [1.807, 2.05) is 0 Å². The van der Waals surface area contributed by atoms with Crippen LogP contribution in [-0.2, 0) is 11.5 Å². The number of hydrogen-bond donors (Lipinski definition) is 2. The van der Waals surface area contributed by atoms with Crippen LogP contribution in [0.1, 0.15) is 10.5 Å². The maximum Gasteiger partial charge on any atom is 0.276 e. The molecule has 0 unspecified atom stereocenters. The molecule has 1 amide bonds. The molecule has 0 aromatic carbocycles. The van der Waals surface area contributed by atoms with Crippen molar-refractivity contribution in [1.82, 2.24) is 34.3 Å². The topological polar surface area (TPSA) is 116 Å². The smallest absolute Gasteiger partial charge is 0.276 e. The number of imidazole rings is 1. The fourth-order valence-corrected chi connectivity index (χ4v) is 2.41. The van der Waals surface area contributed by atoms with E-state index in [9.17, 15) is 4.79 Å². The Kier molecular flexibility index (Phi) is 3.71. The van der Waals surface area contributed by atoms with Gasteiger partial charge in [-0.15, -0.1) is 0 Å². The Morgan fingerprint density at radius 3 is 3.12 bits per heavy atom. The number of ether oxygens (including phenoxy) is 1. The van der Waals surface area contributed by atoms with Crippen molar-refractivity contribution >= 4 is 22.6 Å². The first-order valence-corrected chi connectivity index (χ1v) is 7.41. The number of nitrogens with zero attached hydrogens (tertiary/aromatic N) is 6. The zero-order chi connectivity index (χ0) is 17.2. The Hall–Kier alpha value is -3.53. The van der Waals surface area contributed by atoms with E-state index in [1.54, 1.807) is 59.7 Å². The number of fused-ring (bicyclic) bond motifs is 1. The Labute approximate surface area is 141 Å². The van der Waals surface area contributed by atoms with Gasteiger partial charge in [0.1, 0.15) is 13.1 Å². The van der Waals surface area contributed by atoms with Gasteiger partial charge in [0.15, 0.2) is 5.69 Å². The summed E-state index contributed by atoms with van der Waals surface area (Å²) in [5.74, 6) is -0.00184. The van der Waals surface area contributed by atoms with Crippen molar-refractivity contribution in [2.45, 2.75) is 6.73 Å². The molecule has 0 aliphatic rings. The summed E-state index contributed by atoms with van der Waals surface area (Å²) >= 11 is 0. The third kappa shape index (κ3) is 2.85. The van der Waals surface area contributed by atoms with Gasteiger partial charge in [-0.25, -0.2) is 19.6 Å². The second-order valence-electron chi connectivity index (χ2n) is 5.22. The second-order valence-corrected chi connectivity index (χ2v) is 5.22. The summed E-state index contributed by atoms with van der Waals surface area (Å²) in [6.07, 6.45) is 9.83. The average molecular weight is 338 g/mol. The van der Waals surface area contributed by atoms with E-state index in [0.717, 1.165) is 0 Å². The minimum atomic E-state index is -0.367. The molecule has 0 aliphatic carbocycles. The number of rotatable bonds is 5. The molecule has 0 saturated carbocycles. The second kappa shape index (κ2) is 6.17. The molecule has 4 aromatic heterocycles. The zero-order valence-corrected chi connectivity index (χ0v) is 13.2. The maximum atomic E-state index is 12.7. The molecule has 4 heterocycles. The summed E-state index contributed by atoms with van der Waals surface area (Å²) in [7, 11) is 1.57. The summed E-state index contributed by atoms with van der Waals surface area (Å²) in [5, 5.41) is 6.87. The largest absolute Gasteiger partial charge is 0.362 e. The molecule has 126 valence electrons. The quantitative estimate of drug-likeness (QED) is 0.565. The van der Waals surface area contributed by atoms with Crippen molar-refractivity contribution in [2.75, 3.05) is 12.4 Å². The molecule has 0 bridgehead atoms. The molecule has 0 saturated heterocycles. The van der Waals surface area contributed by atoms with Gasteiger partial charge in [-0.3, -0.25) is 9.36 Å². The average Bonchev–Trinajstić information content (AvgIpc) is 3.35. The van der Waals surface area contributed by atoms with Gasteiger partial charge in [0.25, 0.3) is 5.91 Å². The fourth-order valence-electron chi connectivity index (χ4n) is 2.41. The Balaban J connectivity index is 1.69. The van der Waals surface area contributed by atoms with E-state index < -0.39 is 0 Å². The third-order valence-electron chi connectivity index (χ3n) is 3.50. The van der Waals surface area contributed by atoms with E-state index in [1.165, 1.54) is 0 Å². The van der Waals surface area contributed by atoms with Gasteiger partial charge < -0.3 is 15.0 Å². The lowest BCUT2D eigenvalue weighted by Gasteiger charge is -2.06. The lowest BCUT2D eigenvalue weighted by atomic mass is 10.3. The molecule has 0 fully saturated rings. The number of anilines is 1. The summed E-state index contributed by atoms with van der Waals surface area (Å²) in [4.78, 5) is 28.5. The van der Waals surface area contributed by atoms with Crippen molar-refractivity contribution in [3.05, 3.63) is 49.1 Å². The number of nitrogens with one attached hydrogen (secondary N) is 2. The van der Waals surface area contributed by atoms with Crippen LogP contribution in [0.15, 0.2) is 43.4 Å². The molecular weight excluding hydrogens is 324 g/mol. The van der Waals surface area contributed by atoms with Crippen molar-refractivity contribution in [1.29, 1.82) is 0 Å². The van der Waals surface area contributed by atoms with Crippen molar-refractivity contribution in [3.63, 3.8) is 0 Å². The summed E-state index contributed by atoms with van der Waals surface area (Å²) < 4.78 is 8.19. The zero-order valence-electron chi connectivity index (χ0n) is 13.2. The Bertz CT molecular complexity index is 1020. The standard InChI is InChI=1S/C15H14N8O2/c1-25-9-23-7-10(6-18-23)19-14(24)13-12-11(2-3-17-12)20-15(21-13)22-5-4-16-8-22/h2-8,17H,9H2,1H3,(H,19,24). The highest BCUT2D eigenvalue weighted by Crippen LogP contribution is 2.17. The molecule has 0 radical (unpaired) electrons. The molecule has 0 atom stereocenters. The van der Waals surface area contributed by atoms with E-state index in [4.69, 9.17) is 4.74 Å². The lowest BCUT2D eigenvalue weighted by molar-refractivity contribution is 0.102. The van der Waals surface area contributed by atoms with Gasteiger partial charge >= 0.3 is 0 Å². The monoisotopic (exact) mass is 338 g/mol. The Morgan fingerprint density at radius 2 is 2.32 bits per heavy atom. The van der Waals surface area contributed by atoms with E-state index >= 15 is 0 Å². The van der Waals surface area contributed by atoms with Crippen LogP contribution in [0.3, 0.4) is 0 Å². The van der Waals surface area contributed by atoms with Gasteiger partial charge in [0.05, 0.1) is 29.1 Å². The molecule has 0 aliphatic heterocycles. The number of H-pyrrole nitrogens is 1. The molecule has 4 aromatic rings. The summed E-state index contributed by atoms with van der Waals surface area (Å²) in [6.45, 7) is 0.301. The van der Waals surface area contributed by atoms with Crippen molar-refractivity contribution in [2.24, 2.45) is 0 Å². The van der Waals surface area contributed by atoms with E-state index in [2.05, 4.69) is 30.4 Å². The summed E-state index contributed by atoms with van der Waals surface area (Å²) in [5.41, 5.74) is 1.98. The van der Waals surface area contributed by atoms with Crippen molar-refractivity contribution in [3.8, 4) is 5.95 Å². The first-order valence-electron chi connectivity index (χ1n) is 7.41. The predicted octanol–water partition coefficient (Wildman–Crippen LogP) is 1.20. The van der Waals surface area contributed by atoms with Gasteiger partial charge in [0.2, 0.25) is 5.95 Å². The normalized spacial score (nSPS) is 11.1. The SMILES string of the molecule is COCn1cc(NC(=O)c2nc(-n3ccnc3)nc3cc[nH]c23)cn1. The van der Waals surface area contributed by atoms with Crippen LogP contribution in [0.2, 0.25) is 0 Å². The van der Waals surface area contributed by atoms with Crippen LogP contribution in [-0.4, -0.2) is 47.3 Å². The molecular formula is C15H14N8O2. The highest BCUT2D eigenvalue weighted by molar-refractivity contribution is 6.09. The lowest BCUT2D eigenvalue weighted by Crippen LogP contribution is -2.16. The van der Waals surface area contributed by atoms with Crippen molar-refractivity contribution < 1.29 is 9.53 Å². The minimum Gasteiger partial charge on any atom is -0.362 e. The van der Waals surface area contributed by atoms with Gasteiger partial charge in [-0.2, -0.15) is 5.10 Å². The molecule has 10 nitrogen and oxygen atoms in total. The molecule has 2 N–H and O–H groups in total. The van der Waals surface area contributed by atoms with Gasteiger partial charge in [-0.1, -0.05) is 0 Å². The number of hydrogen-bond acceptors (Lipinski definition) is 6. The highest BCUT2D eigenvalue weighted by Gasteiger charge is 2.17. The molecule has 10 heteroatoms. The predicted molar refractivity (Wildman–Crippen MR) is 88.2 cm³/mol. The van der Waals surface area contributed by atoms with Crippen LogP contribution in [0.4, 0.5) is 5.69 Å².